The lowest BCUT2D eigenvalue weighted by Gasteiger charge is -2.06. The molecule has 0 atom stereocenters. The first-order valence-corrected chi connectivity index (χ1v) is 6.19. The highest BCUT2D eigenvalue weighted by Gasteiger charge is 2.10. The number of nitrogens with two attached hydrogens (primary N) is 1. The van der Waals surface area contributed by atoms with Crippen LogP contribution in [0.2, 0.25) is 5.02 Å². The smallest absolute Gasteiger partial charge is 0.161 e. The molecule has 1 aromatic heterocycles. The van der Waals surface area contributed by atoms with Gasteiger partial charge in [-0.15, -0.1) is 0 Å². The summed E-state index contributed by atoms with van der Waals surface area (Å²) in [5.74, 6) is 0.334. The van der Waals surface area contributed by atoms with Gasteiger partial charge >= 0.3 is 0 Å². The van der Waals surface area contributed by atoms with Gasteiger partial charge in [0.15, 0.2) is 5.82 Å². The van der Waals surface area contributed by atoms with E-state index in [1.165, 1.54) is 12.1 Å². The van der Waals surface area contributed by atoms with Gasteiger partial charge in [0.25, 0.3) is 0 Å². The molecule has 0 unspecified atom stereocenters. The molecule has 0 saturated carbocycles. The monoisotopic (exact) mass is 363 g/mol. The molecular formula is C11H8ClFIN3. The summed E-state index contributed by atoms with van der Waals surface area (Å²) in [7, 11) is 0. The number of benzene rings is 1. The third-order valence-corrected chi connectivity index (χ3v) is 3.71. The van der Waals surface area contributed by atoms with E-state index in [-0.39, 0.29) is 0 Å². The van der Waals surface area contributed by atoms with Crippen LogP contribution in [0.4, 0.5) is 10.2 Å². The number of anilines is 1. The van der Waals surface area contributed by atoms with Crippen molar-refractivity contribution >= 4 is 40.0 Å². The summed E-state index contributed by atoms with van der Waals surface area (Å²) in [5.41, 5.74) is 7.02. The average molecular weight is 364 g/mol. The molecule has 0 saturated heterocycles. The molecule has 2 aromatic rings. The maximum atomic E-state index is 13.2. The van der Waals surface area contributed by atoms with E-state index in [0.29, 0.717) is 22.2 Å². The Kier molecular flexibility index (Phi) is 3.48. The van der Waals surface area contributed by atoms with E-state index in [1.54, 1.807) is 6.07 Å². The van der Waals surface area contributed by atoms with Gasteiger partial charge in [0.2, 0.25) is 0 Å². The first kappa shape index (κ1) is 12.5. The molecule has 6 heteroatoms. The van der Waals surface area contributed by atoms with Crippen LogP contribution in [0.15, 0.2) is 18.2 Å². The molecule has 3 nitrogen and oxygen atoms in total. The lowest BCUT2D eigenvalue weighted by molar-refractivity contribution is 0.628. The summed E-state index contributed by atoms with van der Waals surface area (Å²) in [6, 6.07) is 4.16. The second-order valence-corrected chi connectivity index (χ2v) is 5.01. The van der Waals surface area contributed by atoms with E-state index in [2.05, 4.69) is 32.6 Å². The number of hydrogen-bond acceptors (Lipinski definition) is 3. The van der Waals surface area contributed by atoms with Crippen LogP contribution < -0.4 is 5.73 Å². The van der Waals surface area contributed by atoms with Gasteiger partial charge in [-0.3, -0.25) is 0 Å². The minimum absolute atomic E-state index is 0.304. The Balaban J connectivity index is 2.60. The zero-order chi connectivity index (χ0) is 12.6. The predicted octanol–water partition coefficient (Wildman–Crippen LogP) is 3.43. The van der Waals surface area contributed by atoms with Crippen LogP contribution in [0.5, 0.6) is 0 Å². The quantitative estimate of drug-likeness (QED) is 0.790. The summed E-state index contributed by atoms with van der Waals surface area (Å²) >= 11 is 7.85. The maximum Gasteiger partial charge on any atom is 0.161 e. The number of halogens is 3. The molecular weight excluding hydrogens is 355 g/mol. The summed E-state index contributed by atoms with van der Waals surface area (Å²) in [6.45, 7) is 1.82. The highest BCUT2D eigenvalue weighted by molar-refractivity contribution is 14.1. The summed E-state index contributed by atoms with van der Waals surface area (Å²) < 4.78 is 14.0. The highest BCUT2D eigenvalue weighted by Crippen LogP contribution is 2.24. The molecule has 0 radical (unpaired) electrons. The third kappa shape index (κ3) is 2.66. The Morgan fingerprint density at radius 3 is 2.59 bits per heavy atom. The molecule has 0 amide bonds. The van der Waals surface area contributed by atoms with Crippen LogP contribution in [0.3, 0.4) is 0 Å². The number of nitrogen functional groups attached to an aromatic ring is 1. The molecule has 17 heavy (non-hydrogen) atoms. The zero-order valence-electron chi connectivity index (χ0n) is 8.84. The lowest BCUT2D eigenvalue weighted by atomic mass is 10.2. The third-order valence-electron chi connectivity index (χ3n) is 2.16. The fourth-order valence-corrected chi connectivity index (χ4v) is 1.86. The second-order valence-electron chi connectivity index (χ2n) is 3.49. The first-order valence-electron chi connectivity index (χ1n) is 4.73. The molecule has 1 aromatic carbocycles. The second kappa shape index (κ2) is 4.73. The van der Waals surface area contributed by atoms with Gasteiger partial charge in [-0.25, -0.2) is 14.4 Å². The van der Waals surface area contributed by atoms with Crippen LogP contribution in [-0.4, -0.2) is 9.97 Å². The Bertz CT molecular complexity index is 546. The number of hydrogen-bond donors (Lipinski definition) is 1. The number of nitrogens with zero attached hydrogens (tertiary/aromatic N) is 2. The SMILES string of the molecule is Cc1nc(-c2cc(F)cc(Cl)c2)nc(N)c1I. The van der Waals surface area contributed by atoms with E-state index in [9.17, 15) is 4.39 Å². The van der Waals surface area contributed by atoms with Crippen LogP contribution in [0, 0.1) is 16.3 Å². The Morgan fingerprint density at radius 1 is 1.29 bits per heavy atom. The van der Waals surface area contributed by atoms with Crippen LogP contribution in [0.1, 0.15) is 5.69 Å². The van der Waals surface area contributed by atoms with Gasteiger partial charge in [0.05, 0.1) is 9.26 Å². The van der Waals surface area contributed by atoms with Gasteiger partial charge in [0.1, 0.15) is 11.6 Å². The molecule has 1 heterocycles. The molecule has 0 aliphatic rings. The standard InChI is InChI=1S/C11H8ClFIN3/c1-5-9(14)10(15)17-11(16-5)6-2-7(12)4-8(13)3-6/h2-4H,1H3,(H2,15,16,17). The summed E-state index contributed by atoms with van der Waals surface area (Å²) in [5, 5.41) is 0.304. The normalized spacial score (nSPS) is 10.6. The largest absolute Gasteiger partial charge is 0.383 e. The molecule has 0 aliphatic carbocycles. The molecule has 88 valence electrons. The first-order chi connectivity index (χ1) is 7.97. The van der Waals surface area contributed by atoms with Crippen molar-refractivity contribution in [1.82, 2.24) is 9.97 Å². The van der Waals surface area contributed by atoms with Crippen molar-refractivity contribution in [2.75, 3.05) is 5.73 Å². The number of aryl methyl sites for hydroxylation is 1. The van der Waals surface area contributed by atoms with E-state index >= 15 is 0 Å². The summed E-state index contributed by atoms with van der Waals surface area (Å²) in [4.78, 5) is 8.38. The van der Waals surface area contributed by atoms with Gasteiger partial charge in [-0.2, -0.15) is 0 Å². The minimum Gasteiger partial charge on any atom is -0.383 e. The molecule has 0 aliphatic heterocycles. The Labute approximate surface area is 116 Å². The van der Waals surface area contributed by atoms with Crippen molar-refractivity contribution in [3.63, 3.8) is 0 Å². The van der Waals surface area contributed by atoms with Gasteiger partial charge in [-0.1, -0.05) is 11.6 Å². The summed E-state index contributed by atoms with van der Waals surface area (Å²) in [6.07, 6.45) is 0. The topological polar surface area (TPSA) is 51.8 Å². The molecule has 0 fully saturated rings. The van der Waals surface area contributed by atoms with Crippen molar-refractivity contribution in [3.05, 3.63) is 38.3 Å². The maximum absolute atomic E-state index is 13.2. The number of aromatic nitrogens is 2. The lowest BCUT2D eigenvalue weighted by Crippen LogP contribution is -2.02. The average Bonchev–Trinajstić information content (AvgIpc) is 2.23. The van der Waals surface area contributed by atoms with E-state index in [4.69, 9.17) is 17.3 Å². The van der Waals surface area contributed by atoms with Crippen molar-refractivity contribution in [2.24, 2.45) is 0 Å². The zero-order valence-corrected chi connectivity index (χ0v) is 11.8. The van der Waals surface area contributed by atoms with Gasteiger partial charge < -0.3 is 5.73 Å². The molecule has 2 N–H and O–H groups in total. The minimum atomic E-state index is -0.425. The fourth-order valence-electron chi connectivity index (χ4n) is 1.39. The van der Waals surface area contributed by atoms with Crippen LogP contribution >= 0.6 is 34.2 Å². The Hall–Kier alpha value is -0.950. The van der Waals surface area contributed by atoms with E-state index in [1.807, 2.05) is 6.92 Å². The molecule has 2 rings (SSSR count). The molecule has 0 bridgehead atoms. The van der Waals surface area contributed by atoms with Crippen molar-refractivity contribution in [1.29, 1.82) is 0 Å². The van der Waals surface area contributed by atoms with Crippen molar-refractivity contribution < 1.29 is 4.39 Å². The van der Waals surface area contributed by atoms with Crippen LogP contribution in [0.25, 0.3) is 11.4 Å². The van der Waals surface area contributed by atoms with E-state index < -0.39 is 5.82 Å². The molecule has 0 spiro atoms. The van der Waals surface area contributed by atoms with E-state index in [0.717, 1.165) is 9.26 Å². The van der Waals surface area contributed by atoms with Crippen molar-refractivity contribution in [3.8, 4) is 11.4 Å². The fraction of sp³-hybridized carbons (Fsp3) is 0.0909. The van der Waals surface area contributed by atoms with Gasteiger partial charge in [-0.05, 0) is 47.7 Å². The van der Waals surface area contributed by atoms with Crippen molar-refractivity contribution in [2.45, 2.75) is 6.92 Å². The predicted molar refractivity (Wildman–Crippen MR) is 74.3 cm³/mol. The number of rotatable bonds is 1. The Morgan fingerprint density at radius 2 is 2.00 bits per heavy atom. The highest BCUT2D eigenvalue weighted by atomic mass is 127. The van der Waals surface area contributed by atoms with Crippen LogP contribution in [-0.2, 0) is 0 Å². The van der Waals surface area contributed by atoms with Gasteiger partial charge in [0, 0.05) is 10.6 Å².